The summed E-state index contributed by atoms with van der Waals surface area (Å²) < 4.78 is 0. The van der Waals surface area contributed by atoms with Gasteiger partial charge in [0.15, 0.2) is 0 Å². The van der Waals surface area contributed by atoms with Crippen LogP contribution in [-0.4, -0.2) is 59.6 Å². The Kier molecular flexibility index (Phi) is 7.69. The van der Waals surface area contributed by atoms with Gasteiger partial charge in [0.1, 0.15) is 5.15 Å². The van der Waals surface area contributed by atoms with Crippen LogP contribution in [0.3, 0.4) is 0 Å². The topological polar surface area (TPSA) is 118 Å². The van der Waals surface area contributed by atoms with Crippen LogP contribution in [0.2, 0.25) is 5.15 Å². The molecule has 0 radical (unpaired) electrons. The first-order chi connectivity index (χ1) is 15.8. The van der Waals surface area contributed by atoms with E-state index in [1.165, 1.54) is 19.3 Å². The summed E-state index contributed by atoms with van der Waals surface area (Å²) in [6, 6.07) is 11.0. The molecule has 2 aromatic rings. The first-order valence-electron chi connectivity index (χ1n) is 10.8. The van der Waals surface area contributed by atoms with Gasteiger partial charge >= 0.3 is 0 Å². The molecule has 3 rings (SSSR count). The normalized spacial score (nSPS) is 15.9. The van der Waals surface area contributed by atoms with E-state index >= 15 is 0 Å². The van der Waals surface area contributed by atoms with Crippen molar-refractivity contribution in [3.05, 3.63) is 58.4 Å². The number of anilines is 1. The van der Waals surface area contributed by atoms with Crippen LogP contribution >= 0.6 is 11.6 Å². The highest BCUT2D eigenvalue weighted by molar-refractivity contribution is 6.30. The molecule has 1 aliphatic rings. The number of nitriles is 1. The van der Waals surface area contributed by atoms with E-state index < -0.39 is 11.3 Å². The molecule has 33 heavy (non-hydrogen) atoms. The molecule has 1 saturated heterocycles. The van der Waals surface area contributed by atoms with Gasteiger partial charge in [0.05, 0.1) is 42.0 Å². The molecule has 0 bridgehead atoms. The molecular formula is C24H28ClN5O3. The molecule has 174 valence electrons. The molecule has 9 heteroatoms. The number of carbonyl (C=O) groups excluding carboxylic acids is 2. The van der Waals surface area contributed by atoms with E-state index in [-0.39, 0.29) is 47.3 Å². The highest BCUT2D eigenvalue weighted by Gasteiger charge is 2.53. The van der Waals surface area contributed by atoms with Gasteiger partial charge in [-0.25, -0.2) is 4.98 Å². The van der Waals surface area contributed by atoms with Gasteiger partial charge in [0.25, 0.3) is 5.91 Å². The Hall–Kier alpha value is -2.99. The molecule has 8 nitrogen and oxygen atoms in total. The highest BCUT2D eigenvalue weighted by atomic mass is 35.5. The lowest BCUT2D eigenvalue weighted by Gasteiger charge is -2.52. The van der Waals surface area contributed by atoms with E-state index in [9.17, 15) is 14.7 Å². The maximum atomic E-state index is 13.8. The number of halogens is 1. The minimum atomic E-state index is -0.913. The third kappa shape index (κ3) is 4.86. The Morgan fingerprint density at radius 3 is 2.64 bits per heavy atom. The summed E-state index contributed by atoms with van der Waals surface area (Å²) in [7, 11) is 1.50. The lowest BCUT2D eigenvalue weighted by atomic mass is 9.69. The van der Waals surface area contributed by atoms with Gasteiger partial charge in [-0.05, 0) is 23.1 Å². The number of aliphatic hydroxyl groups excluding tert-OH is 1. The predicted octanol–water partition coefficient (Wildman–Crippen LogP) is 2.68. The van der Waals surface area contributed by atoms with Crippen LogP contribution in [0.15, 0.2) is 36.5 Å². The standard InChI is InChI=1S/C24H28ClN5O3/c1-15(2)17-6-4-5-7-19(17)24(13-30(14-24)16(12-31)8-9-26)23(33)29-20-11-28-21(25)10-18(20)22(32)27-3/h4-7,10-11,15-16,31H,8,12-14H2,1-3H3,(H,27,32)(H,29,33). The number of amides is 2. The molecule has 3 N–H and O–H groups in total. The number of aliphatic hydroxyl groups is 1. The number of hydrogen-bond donors (Lipinski definition) is 3. The zero-order valence-corrected chi connectivity index (χ0v) is 19.7. The smallest absolute Gasteiger partial charge is 0.253 e. The van der Waals surface area contributed by atoms with E-state index in [0.29, 0.717) is 13.1 Å². The number of likely N-dealkylation sites (tertiary alicyclic amines) is 1. The van der Waals surface area contributed by atoms with Crippen molar-refractivity contribution in [1.29, 1.82) is 5.26 Å². The maximum Gasteiger partial charge on any atom is 0.253 e. The van der Waals surface area contributed by atoms with E-state index in [0.717, 1.165) is 11.1 Å². The van der Waals surface area contributed by atoms with Gasteiger partial charge in [-0.1, -0.05) is 49.7 Å². The van der Waals surface area contributed by atoms with Crippen LogP contribution in [0, 0.1) is 11.3 Å². The SMILES string of the molecule is CNC(=O)c1cc(Cl)ncc1NC(=O)C1(c2ccccc2C(C)C)CN(C(CO)CC#N)C1. The molecule has 1 unspecified atom stereocenters. The Balaban J connectivity index is 2.02. The maximum absolute atomic E-state index is 13.8. The minimum absolute atomic E-state index is 0.142. The fourth-order valence-electron chi connectivity index (χ4n) is 4.29. The summed E-state index contributed by atoms with van der Waals surface area (Å²) in [5.41, 5.74) is 1.51. The predicted molar refractivity (Wildman–Crippen MR) is 126 cm³/mol. The van der Waals surface area contributed by atoms with Gasteiger partial charge in [0, 0.05) is 26.2 Å². The second kappa shape index (κ2) is 10.3. The van der Waals surface area contributed by atoms with E-state index in [1.807, 2.05) is 29.2 Å². The van der Waals surface area contributed by atoms with Crippen LogP contribution in [-0.2, 0) is 10.2 Å². The number of hydrogen-bond acceptors (Lipinski definition) is 6. The minimum Gasteiger partial charge on any atom is -0.395 e. The number of pyridine rings is 1. The molecule has 1 aromatic heterocycles. The molecule has 2 amide bonds. The second-order valence-electron chi connectivity index (χ2n) is 8.51. The molecular weight excluding hydrogens is 442 g/mol. The quantitative estimate of drug-likeness (QED) is 0.511. The lowest BCUT2D eigenvalue weighted by Crippen LogP contribution is -2.68. The number of benzene rings is 1. The first kappa shape index (κ1) is 24.6. The van der Waals surface area contributed by atoms with Crippen LogP contribution < -0.4 is 10.6 Å². The number of aromatic nitrogens is 1. The number of carbonyl (C=O) groups is 2. The lowest BCUT2D eigenvalue weighted by molar-refractivity contribution is -0.130. The average molecular weight is 470 g/mol. The molecule has 1 aliphatic heterocycles. The number of nitrogens with zero attached hydrogens (tertiary/aromatic N) is 3. The Morgan fingerprint density at radius 2 is 2.03 bits per heavy atom. The number of rotatable bonds is 8. The summed E-state index contributed by atoms with van der Waals surface area (Å²) in [6.45, 7) is 4.65. The molecule has 1 atom stereocenters. The van der Waals surface area contributed by atoms with E-state index in [4.69, 9.17) is 16.9 Å². The van der Waals surface area contributed by atoms with E-state index in [1.54, 1.807) is 0 Å². The van der Waals surface area contributed by atoms with Gasteiger partial charge < -0.3 is 15.7 Å². The fraction of sp³-hybridized carbons (Fsp3) is 0.417. The van der Waals surface area contributed by atoms with Crippen LogP contribution in [0.4, 0.5) is 5.69 Å². The highest BCUT2D eigenvalue weighted by Crippen LogP contribution is 2.41. The van der Waals surface area contributed by atoms with E-state index in [2.05, 4.69) is 35.5 Å². The van der Waals surface area contributed by atoms with Crippen LogP contribution in [0.5, 0.6) is 0 Å². The third-order valence-corrected chi connectivity index (χ3v) is 6.33. The van der Waals surface area contributed by atoms with Crippen molar-refractivity contribution in [3.63, 3.8) is 0 Å². The van der Waals surface area contributed by atoms with Gasteiger partial charge in [-0.2, -0.15) is 5.26 Å². The number of nitrogens with one attached hydrogen (secondary N) is 2. The summed E-state index contributed by atoms with van der Waals surface area (Å²) in [6.07, 6.45) is 1.54. The molecule has 0 aliphatic carbocycles. The third-order valence-electron chi connectivity index (χ3n) is 6.12. The molecule has 0 spiro atoms. The summed E-state index contributed by atoms with van der Waals surface area (Å²) in [5, 5.41) is 24.4. The second-order valence-corrected chi connectivity index (χ2v) is 8.90. The van der Waals surface area contributed by atoms with Crippen molar-refractivity contribution in [2.24, 2.45) is 0 Å². The zero-order valence-electron chi connectivity index (χ0n) is 18.9. The van der Waals surface area contributed by atoms with Crippen molar-refractivity contribution >= 4 is 29.1 Å². The van der Waals surface area contributed by atoms with Crippen molar-refractivity contribution in [1.82, 2.24) is 15.2 Å². The molecule has 1 fully saturated rings. The summed E-state index contributed by atoms with van der Waals surface area (Å²) in [5.74, 6) is -0.489. The van der Waals surface area contributed by atoms with Gasteiger partial charge in [-0.3, -0.25) is 14.5 Å². The molecule has 2 heterocycles. The molecule has 0 saturated carbocycles. The zero-order chi connectivity index (χ0) is 24.2. The summed E-state index contributed by atoms with van der Waals surface area (Å²) in [4.78, 5) is 32.1. The Labute approximate surface area is 198 Å². The van der Waals surface area contributed by atoms with Gasteiger partial charge in [0.2, 0.25) is 5.91 Å². The Bertz CT molecular complexity index is 1080. The van der Waals surface area contributed by atoms with Gasteiger partial charge in [-0.15, -0.1) is 0 Å². The van der Waals surface area contributed by atoms with Crippen LogP contribution in [0.25, 0.3) is 0 Å². The largest absolute Gasteiger partial charge is 0.395 e. The van der Waals surface area contributed by atoms with Crippen molar-refractivity contribution in [3.8, 4) is 6.07 Å². The monoisotopic (exact) mass is 469 g/mol. The average Bonchev–Trinajstić information content (AvgIpc) is 2.78. The van der Waals surface area contributed by atoms with Crippen LogP contribution in [0.1, 0.15) is 47.7 Å². The Morgan fingerprint density at radius 1 is 1.33 bits per heavy atom. The summed E-state index contributed by atoms with van der Waals surface area (Å²) >= 11 is 5.97. The van der Waals surface area contributed by atoms with Crippen molar-refractivity contribution in [2.45, 2.75) is 37.6 Å². The fourth-order valence-corrected chi connectivity index (χ4v) is 4.44. The first-order valence-corrected chi connectivity index (χ1v) is 11.2. The van der Waals surface area contributed by atoms with Crippen molar-refractivity contribution < 1.29 is 14.7 Å². The van der Waals surface area contributed by atoms with Crippen molar-refractivity contribution in [2.75, 3.05) is 32.1 Å². The molecule has 1 aromatic carbocycles.